The third-order valence-electron chi connectivity index (χ3n) is 2.57. The second-order valence-electron chi connectivity index (χ2n) is 4.64. The number of nitrogens with one attached hydrogen (secondary N) is 1. The van der Waals surface area contributed by atoms with Crippen molar-refractivity contribution in [1.29, 1.82) is 0 Å². The molecule has 0 bridgehead atoms. The molecule has 0 aliphatic carbocycles. The van der Waals surface area contributed by atoms with Gasteiger partial charge >= 0.3 is 0 Å². The molecule has 2 heterocycles. The predicted octanol–water partition coefficient (Wildman–Crippen LogP) is 3.54. The molecule has 0 fully saturated rings. The van der Waals surface area contributed by atoms with Crippen molar-refractivity contribution >= 4 is 17.2 Å². The van der Waals surface area contributed by atoms with E-state index in [0.29, 0.717) is 5.92 Å². The number of aromatic nitrogens is 3. The lowest BCUT2D eigenvalue weighted by atomic mass is 10.2. The largest absolute Gasteiger partial charge is 0.361 e. The Morgan fingerprint density at radius 1 is 1.22 bits per heavy atom. The van der Waals surface area contributed by atoms with Gasteiger partial charge in [0.1, 0.15) is 16.6 Å². The number of aryl methyl sites for hydroxylation is 1. The zero-order valence-electron chi connectivity index (χ0n) is 11.1. The Bertz CT molecular complexity index is 508. The van der Waals surface area contributed by atoms with Crippen molar-refractivity contribution in [3.63, 3.8) is 0 Å². The van der Waals surface area contributed by atoms with Crippen molar-refractivity contribution in [3.8, 4) is 0 Å². The van der Waals surface area contributed by atoms with Crippen LogP contribution in [0.5, 0.6) is 0 Å². The molecule has 18 heavy (non-hydrogen) atoms. The molecule has 4 nitrogen and oxygen atoms in total. The molecule has 0 amide bonds. The van der Waals surface area contributed by atoms with Crippen LogP contribution in [0.4, 0.5) is 5.82 Å². The topological polar surface area (TPSA) is 50.7 Å². The molecule has 0 aromatic carbocycles. The van der Waals surface area contributed by atoms with Gasteiger partial charge in [0.25, 0.3) is 0 Å². The van der Waals surface area contributed by atoms with E-state index in [-0.39, 0.29) is 6.04 Å². The molecule has 2 aromatic rings. The Labute approximate surface area is 112 Å². The first-order valence-electron chi connectivity index (χ1n) is 6.07. The summed E-state index contributed by atoms with van der Waals surface area (Å²) in [4.78, 5) is 13.3. The van der Waals surface area contributed by atoms with Crippen LogP contribution in [0.2, 0.25) is 0 Å². The van der Waals surface area contributed by atoms with Crippen molar-refractivity contribution in [2.75, 3.05) is 5.32 Å². The second kappa shape index (κ2) is 5.44. The monoisotopic (exact) mass is 262 g/mol. The molecule has 1 N–H and O–H groups in total. The molecule has 0 radical (unpaired) electrons. The van der Waals surface area contributed by atoms with Crippen LogP contribution in [0.15, 0.2) is 17.6 Å². The summed E-state index contributed by atoms with van der Waals surface area (Å²) in [6.07, 6.45) is 1.82. The van der Waals surface area contributed by atoms with Crippen LogP contribution in [-0.2, 0) is 0 Å². The molecule has 0 saturated heterocycles. The second-order valence-corrected chi connectivity index (χ2v) is 5.57. The lowest BCUT2D eigenvalue weighted by Gasteiger charge is -2.14. The van der Waals surface area contributed by atoms with E-state index in [1.165, 1.54) is 0 Å². The van der Waals surface area contributed by atoms with Crippen LogP contribution >= 0.6 is 11.3 Å². The van der Waals surface area contributed by atoms with Gasteiger partial charge in [-0.05, 0) is 13.8 Å². The summed E-state index contributed by atoms with van der Waals surface area (Å²) in [5, 5.41) is 6.43. The zero-order chi connectivity index (χ0) is 13.1. The van der Waals surface area contributed by atoms with E-state index >= 15 is 0 Å². The molecular weight excluding hydrogens is 244 g/mol. The minimum Gasteiger partial charge on any atom is -0.361 e. The van der Waals surface area contributed by atoms with Crippen LogP contribution in [0, 0.1) is 6.92 Å². The van der Waals surface area contributed by atoms with E-state index < -0.39 is 0 Å². The first-order valence-corrected chi connectivity index (χ1v) is 6.95. The fourth-order valence-electron chi connectivity index (χ4n) is 1.66. The zero-order valence-corrected chi connectivity index (χ0v) is 12.0. The number of hydrogen-bond donors (Lipinski definition) is 1. The number of nitrogens with zero attached hydrogens (tertiary/aromatic N) is 3. The Hall–Kier alpha value is -1.49. The number of anilines is 1. The van der Waals surface area contributed by atoms with Gasteiger partial charge in [0, 0.05) is 29.3 Å². The van der Waals surface area contributed by atoms with E-state index in [2.05, 4.69) is 41.0 Å². The average Bonchev–Trinajstić information content (AvgIpc) is 2.81. The van der Waals surface area contributed by atoms with Crippen molar-refractivity contribution in [2.24, 2.45) is 0 Å². The van der Waals surface area contributed by atoms with Gasteiger partial charge in [-0.25, -0.2) is 15.0 Å². The molecule has 0 aliphatic heterocycles. The summed E-state index contributed by atoms with van der Waals surface area (Å²) < 4.78 is 0. The van der Waals surface area contributed by atoms with E-state index in [1.807, 2.05) is 24.6 Å². The fourth-order valence-corrected chi connectivity index (χ4v) is 2.30. The van der Waals surface area contributed by atoms with Gasteiger partial charge in [0.05, 0.1) is 6.04 Å². The van der Waals surface area contributed by atoms with Crippen molar-refractivity contribution in [2.45, 2.75) is 39.7 Å². The molecule has 5 heteroatoms. The van der Waals surface area contributed by atoms with Crippen LogP contribution in [0.1, 0.15) is 49.3 Å². The van der Waals surface area contributed by atoms with Crippen molar-refractivity contribution in [1.82, 2.24) is 15.0 Å². The average molecular weight is 262 g/mol. The summed E-state index contributed by atoms with van der Waals surface area (Å²) >= 11 is 1.65. The molecule has 1 atom stereocenters. The van der Waals surface area contributed by atoms with Gasteiger partial charge in [-0.1, -0.05) is 13.8 Å². The quantitative estimate of drug-likeness (QED) is 0.915. The van der Waals surface area contributed by atoms with E-state index in [1.54, 1.807) is 11.3 Å². The number of hydrogen-bond acceptors (Lipinski definition) is 5. The van der Waals surface area contributed by atoms with E-state index in [4.69, 9.17) is 0 Å². The highest BCUT2D eigenvalue weighted by atomic mass is 32.1. The molecule has 2 aromatic heterocycles. The van der Waals surface area contributed by atoms with Crippen LogP contribution in [0.25, 0.3) is 0 Å². The van der Waals surface area contributed by atoms with Crippen LogP contribution in [-0.4, -0.2) is 15.0 Å². The maximum absolute atomic E-state index is 4.54. The van der Waals surface area contributed by atoms with Gasteiger partial charge in [-0.3, -0.25) is 0 Å². The summed E-state index contributed by atoms with van der Waals surface area (Å²) in [6, 6.07) is 2.13. The maximum Gasteiger partial charge on any atom is 0.133 e. The summed E-state index contributed by atoms with van der Waals surface area (Å²) in [6.45, 7) is 8.28. The van der Waals surface area contributed by atoms with Gasteiger partial charge < -0.3 is 5.32 Å². The Morgan fingerprint density at radius 2 is 2.00 bits per heavy atom. The van der Waals surface area contributed by atoms with E-state index in [0.717, 1.165) is 22.3 Å². The highest BCUT2D eigenvalue weighted by molar-refractivity contribution is 7.09. The Morgan fingerprint density at radius 3 is 2.61 bits per heavy atom. The highest BCUT2D eigenvalue weighted by Gasteiger charge is 2.11. The first-order chi connectivity index (χ1) is 8.56. The summed E-state index contributed by atoms with van der Waals surface area (Å²) in [7, 11) is 0. The first kappa shape index (κ1) is 13.0. The molecule has 2 rings (SSSR count). The summed E-state index contributed by atoms with van der Waals surface area (Å²) in [5.41, 5.74) is 0.988. The Balaban J connectivity index is 2.18. The number of thiazole rings is 1. The molecule has 0 aliphatic rings. The lowest BCUT2D eigenvalue weighted by Crippen LogP contribution is -2.10. The minimum absolute atomic E-state index is 0.166. The normalized spacial score (nSPS) is 12.7. The summed E-state index contributed by atoms with van der Waals surface area (Å²) in [5.74, 6) is 2.08. The highest BCUT2D eigenvalue weighted by Crippen LogP contribution is 2.21. The van der Waals surface area contributed by atoms with Crippen molar-refractivity contribution < 1.29 is 0 Å². The van der Waals surface area contributed by atoms with Crippen molar-refractivity contribution in [3.05, 3.63) is 34.2 Å². The van der Waals surface area contributed by atoms with Crippen LogP contribution in [0.3, 0.4) is 0 Å². The van der Waals surface area contributed by atoms with E-state index in [9.17, 15) is 0 Å². The molecule has 96 valence electrons. The molecule has 0 spiro atoms. The number of rotatable bonds is 4. The Kier molecular flexibility index (Phi) is 3.91. The molecular formula is C13H18N4S. The smallest absolute Gasteiger partial charge is 0.133 e. The third-order valence-corrected chi connectivity index (χ3v) is 3.53. The van der Waals surface area contributed by atoms with Gasteiger partial charge in [0.2, 0.25) is 0 Å². The fraction of sp³-hybridized carbons (Fsp3) is 0.462. The predicted molar refractivity (Wildman–Crippen MR) is 75.0 cm³/mol. The molecule has 1 unspecified atom stereocenters. The van der Waals surface area contributed by atoms with Crippen LogP contribution < -0.4 is 5.32 Å². The standard InChI is InChI=1S/C13H18N4S/c1-8(2)12-15-9(3)7-11(17-12)16-10(4)13-14-5-6-18-13/h5-8,10H,1-4H3,(H,15,16,17). The lowest BCUT2D eigenvalue weighted by molar-refractivity contribution is 0.760. The maximum atomic E-state index is 4.54. The van der Waals surface area contributed by atoms with Gasteiger partial charge in [-0.15, -0.1) is 11.3 Å². The minimum atomic E-state index is 0.166. The SMILES string of the molecule is Cc1cc(NC(C)c2nccs2)nc(C(C)C)n1. The third kappa shape index (κ3) is 3.04. The van der Waals surface area contributed by atoms with Gasteiger partial charge in [-0.2, -0.15) is 0 Å². The molecule has 0 saturated carbocycles. The van der Waals surface area contributed by atoms with Gasteiger partial charge in [0.15, 0.2) is 0 Å².